The van der Waals surface area contributed by atoms with Crippen molar-refractivity contribution in [1.29, 1.82) is 0 Å². The molecule has 2 N–H and O–H groups in total. The van der Waals surface area contributed by atoms with Crippen LogP contribution in [0.1, 0.15) is 20.0 Å². The van der Waals surface area contributed by atoms with Crippen molar-refractivity contribution < 1.29 is 9.59 Å². The lowest BCUT2D eigenvalue weighted by Crippen LogP contribution is -2.48. The third-order valence-electron chi connectivity index (χ3n) is 6.05. The highest BCUT2D eigenvalue weighted by Crippen LogP contribution is 2.22. The Balaban J connectivity index is 1.15. The van der Waals surface area contributed by atoms with Gasteiger partial charge in [-0.25, -0.2) is 0 Å². The molecule has 0 atom stereocenters. The number of carbonyl (C=O) groups is 2. The van der Waals surface area contributed by atoms with Gasteiger partial charge < -0.3 is 15.1 Å². The third-order valence-corrected chi connectivity index (χ3v) is 7.11. The Morgan fingerprint density at radius 2 is 1.57 bits per heavy atom. The van der Waals surface area contributed by atoms with Crippen molar-refractivity contribution in [1.82, 2.24) is 10.2 Å². The molecule has 35 heavy (non-hydrogen) atoms. The summed E-state index contributed by atoms with van der Waals surface area (Å²) in [5.41, 5.74) is 2.47. The maximum absolute atomic E-state index is 12.8. The molecule has 0 radical (unpaired) electrons. The number of anilines is 2. The van der Waals surface area contributed by atoms with Gasteiger partial charge in [0.25, 0.3) is 11.8 Å². The van der Waals surface area contributed by atoms with E-state index in [9.17, 15) is 9.59 Å². The summed E-state index contributed by atoms with van der Waals surface area (Å²) in [6, 6.07) is 25.1. The lowest BCUT2D eigenvalue weighted by molar-refractivity contribution is 0.0751. The largest absolute Gasteiger partial charge is 0.368 e. The Kier molecular flexibility index (Phi) is 6.74. The fourth-order valence-corrected chi connectivity index (χ4v) is 5.14. The summed E-state index contributed by atoms with van der Waals surface area (Å²) < 4.78 is 0. The standard InChI is InChI=1S/C27H24N4O2S2/c32-25(23-8-3-6-19-5-1-2-7-22(19)23)29-27(34)28-20-10-12-21(13-11-20)30-14-16-31(17-15-30)26(33)24-9-4-18-35-24/h1-13,18H,14-17H2,(H2,28,29,32,34). The van der Waals surface area contributed by atoms with Crippen LogP contribution in [-0.2, 0) is 0 Å². The second-order valence-electron chi connectivity index (χ2n) is 8.24. The van der Waals surface area contributed by atoms with Crippen LogP contribution in [0.25, 0.3) is 10.8 Å². The molecule has 1 saturated heterocycles. The molecule has 0 aliphatic carbocycles. The van der Waals surface area contributed by atoms with Crippen LogP contribution in [0.15, 0.2) is 84.2 Å². The Bertz CT molecular complexity index is 1360. The van der Waals surface area contributed by atoms with Crippen molar-refractivity contribution in [3.63, 3.8) is 0 Å². The molecule has 4 aromatic rings. The molecular weight excluding hydrogens is 476 g/mol. The zero-order valence-electron chi connectivity index (χ0n) is 18.9. The summed E-state index contributed by atoms with van der Waals surface area (Å²) in [4.78, 5) is 30.3. The first kappa shape index (κ1) is 23.0. The van der Waals surface area contributed by atoms with Crippen molar-refractivity contribution in [2.75, 3.05) is 36.4 Å². The molecule has 0 unspecified atom stereocenters. The predicted octanol–water partition coefficient (Wildman–Crippen LogP) is 4.99. The molecule has 6 nitrogen and oxygen atoms in total. The van der Waals surface area contributed by atoms with Gasteiger partial charge in [0.15, 0.2) is 5.11 Å². The number of benzene rings is 3. The van der Waals surface area contributed by atoms with Gasteiger partial charge in [-0.05, 0) is 64.8 Å². The van der Waals surface area contributed by atoms with Crippen LogP contribution in [0.2, 0.25) is 0 Å². The maximum Gasteiger partial charge on any atom is 0.264 e. The zero-order chi connectivity index (χ0) is 24.2. The van der Waals surface area contributed by atoms with Crippen LogP contribution in [0.5, 0.6) is 0 Å². The summed E-state index contributed by atoms with van der Waals surface area (Å²) in [5, 5.41) is 9.93. The summed E-state index contributed by atoms with van der Waals surface area (Å²) in [7, 11) is 0. The van der Waals surface area contributed by atoms with Crippen molar-refractivity contribution >= 4 is 62.6 Å². The summed E-state index contributed by atoms with van der Waals surface area (Å²) in [6.07, 6.45) is 0. The molecule has 3 aromatic carbocycles. The van der Waals surface area contributed by atoms with Crippen LogP contribution < -0.4 is 15.5 Å². The van der Waals surface area contributed by atoms with Crippen LogP contribution in [0.4, 0.5) is 11.4 Å². The van der Waals surface area contributed by atoms with Crippen molar-refractivity contribution in [2.45, 2.75) is 0 Å². The number of carbonyl (C=O) groups excluding carboxylic acids is 2. The van der Waals surface area contributed by atoms with Gasteiger partial charge in [0.2, 0.25) is 0 Å². The molecule has 1 fully saturated rings. The molecule has 1 aromatic heterocycles. The summed E-state index contributed by atoms with van der Waals surface area (Å²) in [5.74, 6) is -0.135. The van der Waals surface area contributed by atoms with Crippen molar-refractivity contribution in [3.8, 4) is 0 Å². The molecular formula is C27H24N4O2S2. The van der Waals surface area contributed by atoms with E-state index in [2.05, 4.69) is 15.5 Å². The molecule has 176 valence electrons. The molecule has 2 amide bonds. The van der Waals surface area contributed by atoms with Crippen LogP contribution >= 0.6 is 23.6 Å². The van der Waals surface area contributed by atoms with Gasteiger partial charge in [-0.3, -0.25) is 14.9 Å². The highest BCUT2D eigenvalue weighted by atomic mass is 32.1. The highest BCUT2D eigenvalue weighted by Gasteiger charge is 2.22. The number of nitrogens with zero attached hydrogens (tertiary/aromatic N) is 2. The molecule has 0 bridgehead atoms. The average molecular weight is 501 g/mol. The Morgan fingerprint density at radius 1 is 0.829 bits per heavy atom. The first-order valence-electron chi connectivity index (χ1n) is 11.4. The smallest absolute Gasteiger partial charge is 0.264 e. The number of rotatable bonds is 4. The van der Waals surface area contributed by atoms with Gasteiger partial charge in [0, 0.05) is 43.1 Å². The number of fused-ring (bicyclic) bond motifs is 1. The summed E-state index contributed by atoms with van der Waals surface area (Å²) >= 11 is 6.86. The predicted molar refractivity (Wildman–Crippen MR) is 147 cm³/mol. The second kappa shape index (κ2) is 10.2. The molecule has 5 rings (SSSR count). The number of hydrogen-bond donors (Lipinski definition) is 2. The fraction of sp³-hybridized carbons (Fsp3) is 0.148. The minimum absolute atomic E-state index is 0.109. The SMILES string of the molecule is O=C(NC(=S)Nc1ccc(N2CCN(C(=O)c3cccs3)CC2)cc1)c1cccc2ccccc12. The Morgan fingerprint density at radius 3 is 2.31 bits per heavy atom. The molecule has 0 spiro atoms. The maximum atomic E-state index is 12.8. The summed E-state index contributed by atoms with van der Waals surface area (Å²) in [6.45, 7) is 2.95. The molecule has 0 saturated carbocycles. The van der Waals surface area contributed by atoms with E-state index in [1.54, 1.807) is 6.07 Å². The van der Waals surface area contributed by atoms with E-state index >= 15 is 0 Å². The van der Waals surface area contributed by atoms with Crippen molar-refractivity contribution in [2.24, 2.45) is 0 Å². The number of thiocarbonyl (C=S) groups is 1. The van der Waals surface area contributed by atoms with E-state index in [-0.39, 0.29) is 16.9 Å². The van der Waals surface area contributed by atoms with Gasteiger partial charge in [0.05, 0.1) is 4.88 Å². The van der Waals surface area contributed by atoms with E-state index in [4.69, 9.17) is 12.2 Å². The highest BCUT2D eigenvalue weighted by molar-refractivity contribution is 7.80. The first-order chi connectivity index (χ1) is 17.1. The fourth-order valence-electron chi connectivity index (χ4n) is 4.24. The van der Waals surface area contributed by atoms with Gasteiger partial charge in [-0.1, -0.05) is 42.5 Å². The molecule has 2 heterocycles. The number of nitrogens with one attached hydrogen (secondary N) is 2. The van der Waals surface area contributed by atoms with Gasteiger partial charge in [0.1, 0.15) is 0 Å². The van der Waals surface area contributed by atoms with Crippen molar-refractivity contribution in [3.05, 3.63) is 94.7 Å². The van der Waals surface area contributed by atoms with Gasteiger partial charge in [-0.2, -0.15) is 0 Å². The monoisotopic (exact) mass is 500 g/mol. The Labute approximate surface area is 213 Å². The first-order valence-corrected chi connectivity index (χ1v) is 12.7. The lowest BCUT2D eigenvalue weighted by atomic mass is 10.0. The van der Waals surface area contributed by atoms with E-state index in [1.165, 1.54) is 11.3 Å². The van der Waals surface area contributed by atoms with E-state index in [0.717, 1.165) is 40.1 Å². The number of piperazine rings is 1. The van der Waals surface area contributed by atoms with E-state index < -0.39 is 0 Å². The van der Waals surface area contributed by atoms with Crippen LogP contribution in [0, 0.1) is 0 Å². The second-order valence-corrected chi connectivity index (χ2v) is 9.59. The quantitative estimate of drug-likeness (QED) is 0.387. The third kappa shape index (κ3) is 5.18. The van der Waals surface area contributed by atoms with Crippen LogP contribution in [-0.4, -0.2) is 48.0 Å². The molecule has 1 aliphatic rings. The lowest BCUT2D eigenvalue weighted by Gasteiger charge is -2.36. The topological polar surface area (TPSA) is 64.7 Å². The Hall–Kier alpha value is -3.75. The van der Waals surface area contributed by atoms with Crippen LogP contribution in [0.3, 0.4) is 0 Å². The van der Waals surface area contributed by atoms with Gasteiger partial charge >= 0.3 is 0 Å². The number of amides is 2. The molecule has 8 heteroatoms. The van der Waals surface area contributed by atoms with E-state index in [1.807, 2.05) is 83.1 Å². The number of hydrogen-bond acceptors (Lipinski definition) is 5. The van der Waals surface area contributed by atoms with E-state index in [0.29, 0.717) is 18.7 Å². The minimum Gasteiger partial charge on any atom is -0.368 e. The zero-order valence-corrected chi connectivity index (χ0v) is 20.6. The molecule has 1 aliphatic heterocycles. The number of thiophene rings is 1. The van der Waals surface area contributed by atoms with Gasteiger partial charge in [-0.15, -0.1) is 11.3 Å². The normalized spacial score (nSPS) is 13.5. The average Bonchev–Trinajstić information content (AvgIpc) is 3.43. The minimum atomic E-state index is -0.245.